The number of anilines is 1. The lowest BCUT2D eigenvalue weighted by Crippen LogP contribution is -2.45. The Hall–Kier alpha value is -5.08. The zero-order valence-electron chi connectivity index (χ0n) is 22.7. The van der Waals surface area contributed by atoms with Gasteiger partial charge in [-0.15, -0.1) is 0 Å². The molecule has 1 atom stereocenters. The number of fused-ring (bicyclic) bond motifs is 1. The van der Waals surface area contributed by atoms with Crippen LogP contribution in [0.25, 0.3) is 10.9 Å². The first-order chi connectivity index (χ1) is 20.3. The quantitative estimate of drug-likeness (QED) is 0.131. The van der Waals surface area contributed by atoms with E-state index in [4.69, 9.17) is 21.1 Å². The van der Waals surface area contributed by atoms with Gasteiger partial charge in [-0.05, 0) is 54.3 Å². The number of halogens is 1. The lowest BCUT2D eigenvalue weighted by molar-refractivity contribution is -0.136. The van der Waals surface area contributed by atoms with Crippen molar-refractivity contribution in [1.29, 1.82) is 0 Å². The number of aromatic nitrogens is 1. The summed E-state index contributed by atoms with van der Waals surface area (Å²) in [6.07, 6.45) is -0.709. The molecule has 3 N–H and O–H groups in total. The summed E-state index contributed by atoms with van der Waals surface area (Å²) in [5, 5.41) is 6.64. The van der Waals surface area contributed by atoms with Crippen LogP contribution >= 0.6 is 11.6 Å². The Balaban J connectivity index is 1.36. The Morgan fingerprint density at radius 2 is 1.62 bits per heavy atom. The van der Waals surface area contributed by atoms with Crippen LogP contribution in [0.3, 0.4) is 0 Å². The lowest BCUT2D eigenvalue weighted by atomic mass is 10.1. The van der Waals surface area contributed by atoms with Crippen molar-refractivity contribution in [2.24, 2.45) is 0 Å². The summed E-state index contributed by atoms with van der Waals surface area (Å²) < 4.78 is 11.1. The second-order valence-electron chi connectivity index (χ2n) is 9.73. The average Bonchev–Trinajstić information content (AvgIpc) is 3.40. The van der Waals surface area contributed by atoms with Gasteiger partial charge in [0.15, 0.2) is 0 Å². The molecule has 1 aromatic heterocycles. The first kappa shape index (κ1) is 28.4. The van der Waals surface area contributed by atoms with Gasteiger partial charge in [0.1, 0.15) is 18.4 Å². The maximum absolute atomic E-state index is 13.5. The van der Waals surface area contributed by atoms with E-state index in [0.717, 1.165) is 22.0 Å². The minimum atomic E-state index is -1.15. The molecule has 0 aliphatic rings. The van der Waals surface area contributed by atoms with E-state index in [1.54, 1.807) is 12.1 Å². The normalized spacial score (nSPS) is 11.5. The van der Waals surface area contributed by atoms with Crippen molar-refractivity contribution in [2.45, 2.75) is 26.0 Å². The van der Waals surface area contributed by atoms with Gasteiger partial charge in [0.25, 0.3) is 5.91 Å². The average molecular weight is 582 g/mol. The van der Waals surface area contributed by atoms with E-state index in [1.807, 2.05) is 79.7 Å². The predicted molar refractivity (Wildman–Crippen MR) is 162 cm³/mol. The van der Waals surface area contributed by atoms with Crippen molar-refractivity contribution in [3.05, 3.63) is 131 Å². The number of hydrogen-bond donors (Lipinski definition) is 3. The van der Waals surface area contributed by atoms with Gasteiger partial charge in [-0.2, -0.15) is 0 Å². The predicted octanol–water partition coefficient (Wildman–Crippen LogP) is 6.83. The Bertz CT molecular complexity index is 1680. The molecule has 0 fully saturated rings. The number of ether oxygens (including phenoxy) is 2. The highest BCUT2D eigenvalue weighted by Gasteiger charge is 2.27. The zero-order chi connectivity index (χ0) is 29.5. The molecule has 5 aromatic rings. The Labute approximate surface area is 247 Å². The molecule has 0 radical (unpaired) electrons. The van der Waals surface area contributed by atoms with Crippen molar-refractivity contribution in [3.63, 3.8) is 0 Å². The van der Waals surface area contributed by atoms with Crippen LogP contribution in [0, 0.1) is 6.92 Å². The fourth-order valence-electron chi connectivity index (χ4n) is 4.35. The van der Waals surface area contributed by atoms with E-state index in [1.165, 1.54) is 18.2 Å². The molecule has 42 heavy (non-hydrogen) atoms. The van der Waals surface area contributed by atoms with Gasteiger partial charge in [-0.25, -0.2) is 9.59 Å². The van der Waals surface area contributed by atoms with Crippen molar-refractivity contribution in [2.75, 3.05) is 5.32 Å². The van der Waals surface area contributed by atoms with Crippen molar-refractivity contribution < 1.29 is 23.9 Å². The minimum absolute atomic E-state index is 0.0262. The molecular formula is C33H28ClN3O5. The Morgan fingerprint density at radius 1 is 0.881 bits per heavy atom. The molecule has 0 aliphatic carbocycles. The van der Waals surface area contributed by atoms with Gasteiger partial charge >= 0.3 is 12.1 Å². The molecule has 0 spiro atoms. The molecule has 0 bridgehead atoms. The summed E-state index contributed by atoms with van der Waals surface area (Å²) in [6, 6.07) is 29.3. The molecule has 212 valence electrons. The second-order valence-corrected chi connectivity index (χ2v) is 10.2. The van der Waals surface area contributed by atoms with Crippen LogP contribution in [0.1, 0.15) is 27.2 Å². The largest absolute Gasteiger partial charge is 0.445 e. The van der Waals surface area contributed by atoms with Crippen molar-refractivity contribution >= 4 is 46.2 Å². The van der Waals surface area contributed by atoms with E-state index in [-0.39, 0.29) is 29.4 Å². The molecule has 0 saturated heterocycles. The standard InChI is InChI=1S/C33H28ClN3O5/c1-21-11-14-25(15-12-21)36-31(38)27-16-13-24(34)18-30(27)42-32(39)29(19-26-17-23-9-5-6-10-28(23)35-26)37-33(40)41-20-22-7-3-2-4-8-22/h2-18,29,35H,19-20H2,1H3,(H,36,38)(H,37,40)/t29-/m1/s1. The number of amides is 2. The number of rotatable bonds is 9. The Kier molecular flexibility index (Phi) is 8.84. The van der Waals surface area contributed by atoms with Crippen LogP contribution in [-0.2, 0) is 22.6 Å². The third kappa shape index (κ3) is 7.35. The number of carbonyl (C=O) groups is 3. The topological polar surface area (TPSA) is 110 Å². The summed E-state index contributed by atoms with van der Waals surface area (Å²) >= 11 is 6.20. The summed E-state index contributed by atoms with van der Waals surface area (Å²) in [5.41, 5.74) is 4.11. The second kappa shape index (κ2) is 13.1. The molecule has 0 unspecified atom stereocenters. The molecule has 0 aliphatic heterocycles. The van der Waals surface area contributed by atoms with Gasteiger partial charge in [0, 0.05) is 34.4 Å². The smallest absolute Gasteiger partial charge is 0.408 e. The number of para-hydroxylation sites is 1. The fourth-order valence-corrected chi connectivity index (χ4v) is 4.51. The van der Waals surface area contributed by atoms with Crippen LogP contribution in [0.2, 0.25) is 5.02 Å². The van der Waals surface area contributed by atoms with Crippen molar-refractivity contribution in [3.8, 4) is 5.75 Å². The van der Waals surface area contributed by atoms with Crippen LogP contribution in [-0.4, -0.2) is 29.0 Å². The molecule has 2 amide bonds. The Morgan fingerprint density at radius 3 is 2.38 bits per heavy atom. The number of alkyl carbamates (subject to hydrolysis) is 1. The third-order valence-corrected chi connectivity index (χ3v) is 6.74. The summed E-state index contributed by atoms with van der Waals surface area (Å²) in [4.78, 5) is 42.7. The highest BCUT2D eigenvalue weighted by molar-refractivity contribution is 6.31. The van der Waals surface area contributed by atoms with E-state index in [9.17, 15) is 14.4 Å². The van der Waals surface area contributed by atoms with E-state index < -0.39 is 24.0 Å². The number of nitrogens with one attached hydrogen (secondary N) is 3. The van der Waals surface area contributed by atoms with E-state index >= 15 is 0 Å². The van der Waals surface area contributed by atoms with Gasteiger partial charge < -0.3 is 25.1 Å². The lowest BCUT2D eigenvalue weighted by Gasteiger charge is -2.18. The molecule has 8 nitrogen and oxygen atoms in total. The van der Waals surface area contributed by atoms with Gasteiger partial charge in [-0.3, -0.25) is 4.79 Å². The summed E-state index contributed by atoms with van der Waals surface area (Å²) in [7, 11) is 0. The van der Waals surface area contributed by atoms with Crippen LogP contribution in [0.15, 0.2) is 103 Å². The number of aryl methyl sites for hydroxylation is 1. The molecule has 4 aromatic carbocycles. The van der Waals surface area contributed by atoms with Crippen LogP contribution in [0.4, 0.5) is 10.5 Å². The van der Waals surface area contributed by atoms with Gasteiger partial charge in [-0.1, -0.05) is 77.8 Å². The number of aromatic amines is 1. The van der Waals surface area contributed by atoms with Crippen molar-refractivity contribution in [1.82, 2.24) is 10.3 Å². The number of hydrogen-bond acceptors (Lipinski definition) is 5. The number of esters is 1. The zero-order valence-corrected chi connectivity index (χ0v) is 23.5. The fraction of sp³-hybridized carbons (Fsp3) is 0.121. The first-order valence-corrected chi connectivity index (χ1v) is 13.6. The summed E-state index contributed by atoms with van der Waals surface area (Å²) in [5.74, 6) is -1.32. The van der Waals surface area contributed by atoms with Gasteiger partial charge in [0.2, 0.25) is 0 Å². The number of H-pyrrole nitrogens is 1. The molecular weight excluding hydrogens is 554 g/mol. The molecule has 0 saturated carbocycles. The maximum Gasteiger partial charge on any atom is 0.408 e. The molecule has 1 heterocycles. The van der Waals surface area contributed by atoms with E-state index in [0.29, 0.717) is 11.4 Å². The van der Waals surface area contributed by atoms with Crippen LogP contribution < -0.4 is 15.4 Å². The van der Waals surface area contributed by atoms with Crippen LogP contribution in [0.5, 0.6) is 5.75 Å². The molecule has 5 rings (SSSR count). The third-order valence-electron chi connectivity index (χ3n) is 6.51. The first-order valence-electron chi connectivity index (χ1n) is 13.3. The number of benzene rings is 4. The summed E-state index contributed by atoms with van der Waals surface area (Å²) in [6.45, 7) is 1.97. The van der Waals surface area contributed by atoms with Gasteiger partial charge in [0.05, 0.1) is 5.56 Å². The molecule has 9 heteroatoms. The monoisotopic (exact) mass is 581 g/mol. The maximum atomic E-state index is 13.5. The number of carbonyl (C=O) groups excluding carboxylic acids is 3. The minimum Gasteiger partial charge on any atom is -0.445 e. The van der Waals surface area contributed by atoms with E-state index in [2.05, 4.69) is 15.6 Å². The highest BCUT2D eigenvalue weighted by atomic mass is 35.5. The highest BCUT2D eigenvalue weighted by Crippen LogP contribution is 2.26. The SMILES string of the molecule is Cc1ccc(NC(=O)c2ccc(Cl)cc2OC(=O)[C@@H](Cc2cc3ccccc3[nH]2)NC(=O)OCc2ccccc2)cc1.